The number of benzene rings is 3. The number of halogens is 1. The molecule has 1 aliphatic carbocycles. The second kappa shape index (κ2) is 13.3. The van der Waals surface area contributed by atoms with Crippen LogP contribution in [-0.2, 0) is 4.79 Å². The van der Waals surface area contributed by atoms with Crippen LogP contribution in [0.4, 0.5) is 0 Å². The molecule has 4 atom stereocenters. The number of carboxylic acid groups (broad SMARTS) is 1. The van der Waals surface area contributed by atoms with E-state index < -0.39 is 5.97 Å². The molecule has 2 N–H and O–H groups in total. The Balaban J connectivity index is 1.05. The van der Waals surface area contributed by atoms with Gasteiger partial charge in [-0.25, -0.2) is 4.79 Å². The van der Waals surface area contributed by atoms with Crippen molar-refractivity contribution in [1.82, 2.24) is 35.2 Å². The lowest BCUT2D eigenvalue weighted by Gasteiger charge is -2.20. The van der Waals surface area contributed by atoms with Crippen molar-refractivity contribution in [3.05, 3.63) is 132 Å². The first-order valence-electron chi connectivity index (χ1n) is 16.7. The van der Waals surface area contributed by atoms with Gasteiger partial charge in [0, 0.05) is 59.0 Å². The van der Waals surface area contributed by atoms with Gasteiger partial charge in [-0.05, 0) is 72.7 Å². The molecule has 1 amide bonds. The Hall–Kier alpha value is -5.68. The minimum absolute atomic E-state index is 0.0149. The summed E-state index contributed by atoms with van der Waals surface area (Å²) in [5, 5.41) is 25.3. The highest BCUT2D eigenvalue weighted by atomic mass is 35.5. The molecule has 2 fully saturated rings. The van der Waals surface area contributed by atoms with E-state index in [2.05, 4.69) is 39.8 Å². The average Bonchev–Trinajstić information content (AvgIpc) is 3.59. The number of H-pyrrole nitrogens is 1. The molecule has 3 aromatic heterocycles. The third kappa shape index (κ3) is 6.39. The Bertz CT molecular complexity index is 2140. The highest BCUT2D eigenvalue weighted by molar-refractivity contribution is 6.31. The number of nitrogens with zero attached hydrogens (tertiary/aromatic N) is 7. The van der Waals surface area contributed by atoms with Crippen LogP contribution in [-0.4, -0.2) is 65.3 Å². The Morgan fingerprint density at radius 1 is 0.980 bits per heavy atom. The van der Waals surface area contributed by atoms with Crippen molar-refractivity contribution in [3.63, 3.8) is 0 Å². The molecule has 1 saturated heterocycles. The molecule has 1 aliphatic heterocycles. The number of likely N-dealkylation sites (tertiary alicyclic amines) is 1. The molecular formula is C38H34ClN8O3+. The number of nitrogens with one attached hydrogen (secondary N) is 1. The number of carbonyl (C=O) groups excluding carboxylic acids is 1. The number of pyridine rings is 1. The Labute approximate surface area is 293 Å². The lowest BCUT2D eigenvalue weighted by Crippen LogP contribution is -2.32. The summed E-state index contributed by atoms with van der Waals surface area (Å²) in [5.74, 6) is -0.156. The van der Waals surface area contributed by atoms with Crippen LogP contribution in [0.15, 0.2) is 110 Å². The normalized spacial score (nSPS) is 19.0. The van der Waals surface area contributed by atoms with Crippen LogP contribution in [0.1, 0.15) is 52.8 Å². The number of hydrogen-bond donors (Lipinski definition) is 2. The van der Waals surface area contributed by atoms with E-state index in [1.165, 1.54) is 5.56 Å². The highest BCUT2D eigenvalue weighted by Gasteiger charge is 2.47. The van der Waals surface area contributed by atoms with Gasteiger partial charge in [0.25, 0.3) is 6.33 Å². The third-order valence-electron chi connectivity index (χ3n) is 9.96. The van der Waals surface area contributed by atoms with Gasteiger partial charge >= 0.3 is 5.97 Å². The number of carbonyl (C=O) groups is 2. The first-order valence-corrected chi connectivity index (χ1v) is 17.0. The number of amides is 1. The zero-order valence-electron chi connectivity index (χ0n) is 27.0. The summed E-state index contributed by atoms with van der Waals surface area (Å²) in [6, 6.07) is 26.6. The zero-order valence-corrected chi connectivity index (χ0v) is 27.8. The molecule has 2 aliphatic rings. The molecule has 2 unspecified atom stereocenters. The van der Waals surface area contributed by atoms with Crippen LogP contribution in [0.25, 0.3) is 27.9 Å². The van der Waals surface area contributed by atoms with Crippen molar-refractivity contribution in [2.45, 2.75) is 31.2 Å². The molecular weight excluding hydrogens is 652 g/mol. The third-order valence-corrected chi connectivity index (χ3v) is 10.2. The Kier molecular flexibility index (Phi) is 8.41. The number of hydrogen-bond acceptors (Lipinski definition) is 6. The van der Waals surface area contributed by atoms with E-state index in [1.54, 1.807) is 41.5 Å². The monoisotopic (exact) mass is 685 g/mol. The minimum atomic E-state index is -0.968. The maximum absolute atomic E-state index is 13.7. The van der Waals surface area contributed by atoms with Gasteiger partial charge in [-0.15, -0.1) is 4.68 Å². The minimum Gasteiger partial charge on any atom is -0.478 e. The molecule has 12 heteroatoms. The van der Waals surface area contributed by atoms with Crippen LogP contribution in [0.5, 0.6) is 0 Å². The standard InChI is InChI=1S/C38H33ClN8O3/c39-31-11-13-35(47-23-41-43-44-47)32(18-31)27-10-12-34(40-19-27)36(46-22-30(20-42-46)25-6-8-26(9-7-25)38(49)50)17-29-16-33(29)37(48)45-15-14-28(21-45)24-4-2-1-3-5-24/h1-13,18-20,22-23,28-29,33,36H,14-17,21H2,(H,49,50)/p+1/t28?,29-,33+,36?/m0/s1. The number of aromatic amines is 1. The molecule has 250 valence electrons. The van der Waals surface area contributed by atoms with E-state index in [4.69, 9.17) is 21.7 Å². The molecule has 0 radical (unpaired) electrons. The number of carboxylic acids is 1. The van der Waals surface area contributed by atoms with Gasteiger partial charge in [0.15, 0.2) is 5.21 Å². The van der Waals surface area contributed by atoms with Crippen LogP contribution in [0.2, 0.25) is 5.02 Å². The largest absolute Gasteiger partial charge is 0.478 e. The zero-order chi connectivity index (χ0) is 34.2. The summed E-state index contributed by atoms with van der Waals surface area (Å²) >= 11 is 6.41. The number of tetrazole rings is 1. The molecule has 1 saturated carbocycles. The van der Waals surface area contributed by atoms with E-state index in [1.807, 2.05) is 58.4 Å². The summed E-state index contributed by atoms with van der Waals surface area (Å²) < 4.78 is 3.63. The fraction of sp³-hybridized carbons (Fsp3) is 0.237. The second-order valence-electron chi connectivity index (χ2n) is 13.1. The molecule has 4 heterocycles. The van der Waals surface area contributed by atoms with Gasteiger partial charge in [-0.2, -0.15) is 5.10 Å². The van der Waals surface area contributed by atoms with Crippen LogP contribution in [0.3, 0.4) is 0 Å². The van der Waals surface area contributed by atoms with Gasteiger partial charge < -0.3 is 10.0 Å². The number of rotatable bonds is 10. The predicted octanol–water partition coefficient (Wildman–Crippen LogP) is 5.99. The summed E-state index contributed by atoms with van der Waals surface area (Å²) in [6.07, 6.45) is 9.71. The van der Waals surface area contributed by atoms with Crippen molar-refractivity contribution in [3.8, 4) is 27.9 Å². The smallest absolute Gasteiger partial charge is 0.335 e. The average molecular weight is 686 g/mol. The fourth-order valence-corrected chi connectivity index (χ4v) is 7.29. The maximum atomic E-state index is 13.7. The van der Waals surface area contributed by atoms with Crippen LogP contribution in [0, 0.1) is 11.8 Å². The van der Waals surface area contributed by atoms with Gasteiger partial charge in [0.2, 0.25) is 5.91 Å². The van der Waals surface area contributed by atoms with Gasteiger partial charge in [0.1, 0.15) is 10.8 Å². The lowest BCUT2D eigenvalue weighted by atomic mass is 9.99. The SMILES string of the molecule is O=C(O)c1ccc(-c2cnn(C(C[C@@H]3C[C@H]3C(=O)N3CCC(c4ccccc4)C3)c3ccc(-c4cc(Cl)ccc4-[n+]4cnn[nH]4)cn3)c2)cc1. The number of aromatic nitrogens is 7. The molecule has 8 rings (SSSR count). The second-order valence-corrected chi connectivity index (χ2v) is 13.5. The Morgan fingerprint density at radius 3 is 2.54 bits per heavy atom. The lowest BCUT2D eigenvalue weighted by molar-refractivity contribution is -0.659. The molecule has 50 heavy (non-hydrogen) atoms. The van der Waals surface area contributed by atoms with E-state index in [0.717, 1.165) is 59.6 Å². The summed E-state index contributed by atoms with van der Waals surface area (Å²) in [6.45, 7) is 1.55. The molecule has 3 aromatic carbocycles. The van der Waals surface area contributed by atoms with E-state index >= 15 is 0 Å². The van der Waals surface area contributed by atoms with Crippen molar-refractivity contribution in [2.24, 2.45) is 11.8 Å². The summed E-state index contributed by atoms with van der Waals surface area (Å²) in [7, 11) is 0. The van der Waals surface area contributed by atoms with Crippen LogP contribution >= 0.6 is 11.6 Å². The van der Waals surface area contributed by atoms with Crippen molar-refractivity contribution < 1.29 is 19.4 Å². The van der Waals surface area contributed by atoms with Gasteiger partial charge in [-0.3, -0.25) is 14.5 Å². The first kappa shape index (κ1) is 31.6. The topological polar surface area (TPSA) is 134 Å². The fourth-order valence-electron chi connectivity index (χ4n) is 7.12. The molecule has 0 spiro atoms. The Morgan fingerprint density at radius 2 is 1.80 bits per heavy atom. The molecule has 0 bridgehead atoms. The molecule has 6 aromatic rings. The van der Waals surface area contributed by atoms with Crippen molar-refractivity contribution in [2.75, 3.05) is 13.1 Å². The van der Waals surface area contributed by atoms with Gasteiger partial charge in [0.05, 0.1) is 23.5 Å². The highest BCUT2D eigenvalue weighted by Crippen LogP contribution is 2.47. The van der Waals surface area contributed by atoms with Crippen molar-refractivity contribution in [1.29, 1.82) is 0 Å². The quantitative estimate of drug-likeness (QED) is 0.169. The van der Waals surface area contributed by atoms with Gasteiger partial charge in [-0.1, -0.05) is 65.3 Å². The maximum Gasteiger partial charge on any atom is 0.335 e. The van der Waals surface area contributed by atoms with E-state index in [9.17, 15) is 14.7 Å². The van der Waals surface area contributed by atoms with E-state index in [0.29, 0.717) is 17.4 Å². The predicted molar refractivity (Wildman–Crippen MR) is 186 cm³/mol. The van der Waals surface area contributed by atoms with Crippen molar-refractivity contribution >= 4 is 23.5 Å². The summed E-state index contributed by atoms with van der Waals surface area (Å²) in [5.41, 5.74) is 6.64. The number of aromatic carboxylic acids is 1. The van der Waals surface area contributed by atoms with Crippen LogP contribution < -0.4 is 4.68 Å². The first-order chi connectivity index (χ1) is 24.4. The molecule has 11 nitrogen and oxygen atoms in total. The van der Waals surface area contributed by atoms with E-state index in [-0.39, 0.29) is 29.3 Å². The summed E-state index contributed by atoms with van der Waals surface area (Å²) in [4.78, 5) is 32.1.